The van der Waals surface area contributed by atoms with Crippen molar-refractivity contribution in [1.29, 1.82) is 0 Å². The zero-order valence-electron chi connectivity index (χ0n) is 19.4. The van der Waals surface area contributed by atoms with Crippen molar-refractivity contribution in [1.82, 2.24) is 14.7 Å². The van der Waals surface area contributed by atoms with Gasteiger partial charge in [0.15, 0.2) is 0 Å². The van der Waals surface area contributed by atoms with Crippen LogP contribution in [0.4, 0.5) is 13.2 Å². The molecule has 1 aromatic heterocycles. The predicted molar refractivity (Wildman–Crippen MR) is 113 cm³/mol. The standard InChI is InChI=1S/C20H31N3O3.C2HF3O2/c1-5-22-13-20(10-18(22)24)12-21(11-17-7-6-16(4)26-17)8-9-23(14-20)19(25)15(2)3;3-2(4,5)1(6)7/h6-7,15H,5,8-14H2,1-4H3;(H,6,7). The third-order valence-electron chi connectivity index (χ3n) is 5.78. The van der Waals surface area contributed by atoms with Crippen molar-refractivity contribution in [2.45, 2.75) is 46.8 Å². The molecule has 3 rings (SSSR count). The fourth-order valence-corrected chi connectivity index (χ4v) is 4.31. The molecule has 1 atom stereocenters. The SMILES string of the molecule is CCN1CC2(CC1=O)CN(Cc1ccc(C)o1)CCN(C(=O)C(C)C)C2.O=C(O)C(F)(F)F. The number of carbonyl (C=O) groups excluding carboxylic acids is 2. The summed E-state index contributed by atoms with van der Waals surface area (Å²) in [5.74, 6) is -0.534. The van der Waals surface area contributed by atoms with Crippen molar-refractivity contribution >= 4 is 17.8 Å². The van der Waals surface area contributed by atoms with Gasteiger partial charge in [-0.25, -0.2) is 4.79 Å². The van der Waals surface area contributed by atoms with Crippen LogP contribution in [0.2, 0.25) is 0 Å². The molecule has 11 heteroatoms. The van der Waals surface area contributed by atoms with Gasteiger partial charge in [-0.2, -0.15) is 13.2 Å². The fourth-order valence-electron chi connectivity index (χ4n) is 4.31. The molecule has 1 aromatic rings. The van der Waals surface area contributed by atoms with Gasteiger partial charge in [0.2, 0.25) is 11.8 Å². The molecule has 3 heterocycles. The van der Waals surface area contributed by atoms with Gasteiger partial charge in [-0.3, -0.25) is 14.5 Å². The third kappa shape index (κ3) is 7.21. The number of alkyl halides is 3. The zero-order chi connectivity index (χ0) is 25.0. The molecule has 186 valence electrons. The van der Waals surface area contributed by atoms with Crippen LogP contribution in [0.1, 0.15) is 38.7 Å². The maximum absolute atomic E-state index is 12.7. The molecule has 2 saturated heterocycles. The minimum Gasteiger partial charge on any atom is -0.475 e. The highest BCUT2D eigenvalue weighted by Crippen LogP contribution is 2.35. The van der Waals surface area contributed by atoms with Crippen LogP contribution in [0.5, 0.6) is 0 Å². The van der Waals surface area contributed by atoms with E-state index in [2.05, 4.69) is 4.90 Å². The van der Waals surface area contributed by atoms with Crippen LogP contribution in [0.3, 0.4) is 0 Å². The number of carboxylic acids is 1. The molecule has 0 saturated carbocycles. The molecule has 2 aliphatic rings. The van der Waals surface area contributed by atoms with Gasteiger partial charge >= 0.3 is 12.1 Å². The predicted octanol–water partition coefficient (Wildman–Crippen LogP) is 2.76. The first kappa shape index (κ1) is 26.7. The number of amides is 2. The smallest absolute Gasteiger partial charge is 0.475 e. The number of halogens is 3. The lowest BCUT2D eigenvalue weighted by Gasteiger charge is -2.34. The van der Waals surface area contributed by atoms with Crippen molar-refractivity contribution < 1.29 is 37.1 Å². The summed E-state index contributed by atoms with van der Waals surface area (Å²) in [6.45, 7) is 13.0. The highest BCUT2D eigenvalue weighted by molar-refractivity contribution is 5.81. The molecule has 8 nitrogen and oxygen atoms in total. The Morgan fingerprint density at radius 1 is 1.18 bits per heavy atom. The van der Waals surface area contributed by atoms with E-state index in [1.54, 1.807) is 0 Å². The van der Waals surface area contributed by atoms with Gasteiger partial charge in [0.1, 0.15) is 11.5 Å². The number of hydrogen-bond acceptors (Lipinski definition) is 5. The van der Waals surface area contributed by atoms with Crippen LogP contribution in [-0.4, -0.2) is 83.0 Å². The van der Waals surface area contributed by atoms with E-state index in [4.69, 9.17) is 14.3 Å². The van der Waals surface area contributed by atoms with E-state index in [1.165, 1.54) is 0 Å². The van der Waals surface area contributed by atoms with Gasteiger partial charge in [-0.1, -0.05) is 13.8 Å². The summed E-state index contributed by atoms with van der Waals surface area (Å²) >= 11 is 0. The number of carbonyl (C=O) groups is 3. The van der Waals surface area contributed by atoms with Crippen molar-refractivity contribution in [3.63, 3.8) is 0 Å². The van der Waals surface area contributed by atoms with E-state index >= 15 is 0 Å². The van der Waals surface area contributed by atoms with Gasteiger partial charge in [-0.15, -0.1) is 0 Å². The van der Waals surface area contributed by atoms with E-state index in [9.17, 15) is 22.8 Å². The van der Waals surface area contributed by atoms with Crippen molar-refractivity contribution in [2.75, 3.05) is 39.3 Å². The molecule has 2 amide bonds. The molecule has 0 radical (unpaired) electrons. The van der Waals surface area contributed by atoms with E-state index in [0.29, 0.717) is 19.5 Å². The average molecular weight is 476 g/mol. The number of aliphatic carboxylic acids is 1. The Morgan fingerprint density at radius 2 is 1.82 bits per heavy atom. The number of carboxylic acid groups (broad SMARTS) is 1. The van der Waals surface area contributed by atoms with Crippen molar-refractivity contribution in [2.24, 2.45) is 11.3 Å². The van der Waals surface area contributed by atoms with Crippen molar-refractivity contribution in [3.8, 4) is 0 Å². The molecule has 0 aromatic carbocycles. The molecule has 1 N–H and O–H groups in total. The lowest BCUT2D eigenvalue weighted by atomic mass is 9.85. The summed E-state index contributed by atoms with van der Waals surface area (Å²) in [5, 5.41) is 7.12. The highest BCUT2D eigenvalue weighted by Gasteiger charge is 2.47. The number of likely N-dealkylation sites (tertiary alicyclic amines) is 1. The lowest BCUT2D eigenvalue weighted by molar-refractivity contribution is -0.192. The molecule has 0 aliphatic carbocycles. The highest BCUT2D eigenvalue weighted by atomic mass is 19.4. The molecular formula is C22H32F3N3O5. The van der Waals surface area contributed by atoms with E-state index in [-0.39, 0.29) is 23.1 Å². The average Bonchev–Trinajstić information content (AvgIpc) is 3.19. The minimum absolute atomic E-state index is 0.0225. The molecular weight excluding hydrogens is 443 g/mol. The summed E-state index contributed by atoms with van der Waals surface area (Å²) < 4.78 is 37.5. The Balaban J connectivity index is 0.000000479. The largest absolute Gasteiger partial charge is 0.490 e. The van der Waals surface area contributed by atoms with E-state index in [0.717, 1.165) is 44.2 Å². The summed E-state index contributed by atoms with van der Waals surface area (Å²) in [5.41, 5.74) is -0.185. The molecule has 1 unspecified atom stereocenters. The van der Waals surface area contributed by atoms with Crippen LogP contribution in [0, 0.1) is 18.3 Å². The van der Waals surface area contributed by atoms with Gasteiger partial charge in [0, 0.05) is 57.0 Å². The Bertz CT molecular complexity index is 855. The van der Waals surface area contributed by atoms with Crippen LogP contribution >= 0.6 is 0 Å². The Labute approximate surface area is 191 Å². The number of aryl methyl sites for hydroxylation is 1. The van der Waals surface area contributed by atoms with Crippen molar-refractivity contribution in [3.05, 3.63) is 23.7 Å². The summed E-state index contributed by atoms with van der Waals surface area (Å²) in [6, 6.07) is 4.00. The number of rotatable bonds is 4. The lowest BCUT2D eigenvalue weighted by Crippen LogP contribution is -2.45. The van der Waals surface area contributed by atoms with E-state index < -0.39 is 12.1 Å². The first-order valence-corrected chi connectivity index (χ1v) is 10.9. The number of hydrogen-bond donors (Lipinski definition) is 1. The van der Waals surface area contributed by atoms with E-state index in [1.807, 2.05) is 49.6 Å². The Hall–Kier alpha value is -2.56. The number of furan rings is 1. The molecule has 2 aliphatic heterocycles. The quantitative estimate of drug-likeness (QED) is 0.720. The topological polar surface area (TPSA) is 94.3 Å². The molecule has 33 heavy (non-hydrogen) atoms. The molecule has 2 fully saturated rings. The van der Waals surface area contributed by atoms with Crippen LogP contribution in [-0.2, 0) is 20.9 Å². The summed E-state index contributed by atoms with van der Waals surface area (Å²) in [7, 11) is 0. The van der Waals surface area contributed by atoms with Crippen LogP contribution in [0.15, 0.2) is 16.5 Å². The summed E-state index contributed by atoms with van der Waals surface area (Å²) in [6.07, 6.45) is -4.56. The second-order valence-corrected chi connectivity index (χ2v) is 9.03. The van der Waals surface area contributed by atoms with Gasteiger partial charge in [0.25, 0.3) is 0 Å². The first-order valence-electron chi connectivity index (χ1n) is 10.9. The molecule has 0 bridgehead atoms. The fraction of sp³-hybridized carbons (Fsp3) is 0.682. The minimum atomic E-state index is -5.08. The first-order chi connectivity index (χ1) is 15.3. The second kappa shape index (κ2) is 10.6. The maximum Gasteiger partial charge on any atom is 0.490 e. The van der Waals surface area contributed by atoms with Gasteiger partial charge < -0.3 is 19.3 Å². The summed E-state index contributed by atoms with van der Waals surface area (Å²) in [4.78, 5) is 40.3. The maximum atomic E-state index is 12.7. The molecule has 1 spiro atoms. The normalized spacial score (nSPS) is 21.9. The number of nitrogens with zero attached hydrogens (tertiary/aromatic N) is 3. The van der Waals surface area contributed by atoms with Gasteiger partial charge in [0.05, 0.1) is 6.54 Å². The Morgan fingerprint density at radius 3 is 2.27 bits per heavy atom. The second-order valence-electron chi connectivity index (χ2n) is 9.03. The monoisotopic (exact) mass is 475 g/mol. The van der Waals surface area contributed by atoms with Crippen LogP contribution < -0.4 is 0 Å². The van der Waals surface area contributed by atoms with Crippen LogP contribution in [0.25, 0.3) is 0 Å². The zero-order valence-corrected chi connectivity index (χ0v) is 19.4. The third-order valence-corrected chi connectivity index (χ3v) is 5.78. The Kier molecular flexibility index (Phi) is 8.56. The van der Waals surface area contributed by atoms with Gasteiger partial charge in [-0.05, 0) is 26.0 Å².